The van der Waals surface area contributed by atoms with E-state index in [1.54, 1.807) is 12.1 Å². The third kappa shape index (κ3) is 3.33. The molecule has 134 valence electrons. The molecule has 0 radical (unpaired) electrons. The quantitative estimate of drug-likeness (QED) is 0.728. The Balaban J connectivity index is 2.02. The maximum atomic E-state index is 12.8. The van der Waals surface area contributed by atoms with Crippen molar-refractivity contribution < 1.29 is 13.9 Å². The summed E-state index contributed by atoms with van der Waals surface area (Å²) in [6.45, 7) is 8.31. The Morgan fingerprint density at radius 2 is 1.85 bits per heavy atom. The van der Waals surface area contributed by atoms with Gasteiger partial charge < -0.3 is 14.5 Å². The Kier molecular flexibility index (Phi) is 4.80. The molecule has 0 aliphatic rings. The summed E-state index contributed by atoms with van der Waals surface area (Å²) in [5, 5.41) is 11.8. The summed E-state index contributed by atoms with van der Waals surface area (Å²) in [5.74, 6) is 0.202. The molecule has 0 unspecified atom stereocenters. The number of amides is 1. The van der Waals surface area contributed by atoms with Crippen LogP contribution in [0.4, 0.5) is 5.69 Å². The monoisotopic (exact) mass is 350 g/mol. The lowest BCUT2D eigenvalue weighted by Crippen LogP contribution is -2.21. The van der Waals surface area contributed by atoms with E-state index in [4.69, 9.17) is 14.6 Å². The van der Waals surface area contributed by atoms with Crippen LogP contribution in [0, 0.1) is 26.2 Å². The first-order valence-corrected chi connectivity index (χ1v) is 8.54. The van der Waals surface area contributed by atoms with Gasteiger partial charge in [-0.15, -0.1) is 0 Å². The lowest BCUT2D eigenvalue weighted by atomic mass is 10.0. The van der Waals surface area contributed by atoms with Crippen molar-refractivity contribution in [2.75, 3.05) is 11.9 Å². The number of benzene rings is 2. The van der Waals surface area contributed by atoms with E-state index in [2.05, 4.69) is 5.32 Å². The summed E-state index contributed by atoms with van der Waals surface area (Å²) in [7, 11) is 0. The van der Waals surface area contributed by atoms with Gasteiger partial charge in [0.1, 0.15) is 5.56 Å². The van der Waals surface area contributed by atoms with Crippen LogP contribution in [-0.4, -0.2) is 12.5 Å². The van der Waals surface area contributed by atoms with E-state index in [0.717, 1.165) is 27.8 Å². The highest BCUT2D eigenvalue weighted by Crippen LogP contribution is 2.26. The van der Waals surface area contributed by atoms with Crippen LogP contribution in [0.5, 0.6) is 5.75 Å². The maximum Gasteiger partial charge on any atom is 0.261 e. The van der Waals surface area contributed by atoms with E-state index in [9.17, 15) is 4.79 Å². The molecule has 1 heterocycles. The van der Waals surface area contributed by atoms with E-state index in [1.165, 1.54) is 0 Å². The molecule has 1 aromatic heterocycles. The van der Waals surface area contributed by atoms with Crippen LogP contribution in [0.15, 0.2) is 40.8 Å². The Morgan fingerprint density at radius 3 is 2.50 bits per heavy atom. The number of anilines is 1. The van der Waals surface area contributed by atoms with Crippen LogP contribution in [0.25, 0.3) is 11.0 Å². The molecule has 0 atom stereocenters. The van der Waals surface area contributed by atoms with Crippen molar-refractivity contribution in [3.8, 4) is 5.75 Å². The zero-order chi connectivity index (χ0) is 18.8. The average molecular weight is 350 g/mol. The standard InChI is InChI=1S/C21H22N2O3/c1-5-25-17-8-6-7-15-11-16(20(22)26-19(15)17)21(24)23-18-13(3)9-12(2)10-14(18)4/h6-11,22H,5H2,1-4H3,(H,23,24). The smallest absolute Gasteiger partial charge is 0.261 e. The normalized spacial score (nSPS) is 10.8. The van der Waals surface area contributed by atoms with Gasteiger partial charge in [-0.25, -0.2) is 0 Å². The van der Waals surface area contributed by atoms with Crippen molar-refractivity contribution in [1.29, 1.82) is 5.41 Å². The predicted molar refractivity (Wildman–Crippen MR) is 102 cm³/mol. The third-order valence-electron chi connectivity index (χ3n) is 4.22. The van der Waals surface area contributed by atoms with Crippen molar-refractivity contribution in [1.82, 2.24) is 0 Å². The van der Waals surface area contributed by atoms with Crippen molar-refractivity contribution in [3.05, 3.63) is 64.2 Å². The molecule has 0 bridgehead atoms. The number of carbonyl (C=O) groups is 1. The highest BCUT2D eigenvalue weighted by Gasteiger charge is 2.16. The number of hydrogen-bond acceptors (Lipinski definition) is 4. The molecule has 1 amide bonds. The number of hydrogen-bond donors (Lipinski definition) is 2. The number of carbonyl (C=O) groups excluding carboxylic acids is 1. The Morgan fingerprint density at radius 1 is 1.15 bits per heavy atom. The number of aryl methyl sites for hydroxylation is 3. The van der Waals surface area contributed by atoms with E-state index in [0.29, 0.717) is 17.9 Å². The van der Waals surface area contributed by atoms with E-state index >= 15 is 0 Å². The van der Waals surface area contributed by atoms with E-state index in [-0.39, 0.29) is 17.0 Å². The van der Waals surface area contributed by atoms with Crippen LogP contribution in [-0.2, 0) is 0 Å². The molecule has 3 aromatic rings. The number of rotatable bonds is 4. The summed E-state index contributed by atoms with van der Waals surface area (Å²) >= 11 is 0. The molecule has 5 heteroatoms. The lowest BCUT2D eigenvalue weighted by molar-refractivity contribution is 0.102. The molecule has 26 heavy (non-hydrogen) atoms. The molecule has 0 aliphatic carbocycles. The van der Waals surface area contributed by atoms with Crippen LogP contribution in [0.1, 0.15) is 34.0 Å². The molecule has 0 spiro atoms. The minimum absolute atomic E-state index is 0.186. The Hall–Kier alpha value is -3.08. The average Bonchev–Trinajstić information content (AvgIpc) is 2.58. The van der Waals surface area contributed by atoms with Gasteiger partial charge >= 0.3 is 0 Å². The Bertz CT molecular complexity index is 1030. The fraction of sp³-hybridized carbons (Fsp3) is 0.238. The second-order valence-electron chi connectivity index (χ2n) is 6.32. The van der Waals surface area contributed by atoms with Crippen LogP contribution in [0.3, 0.4) is 0 Å². The van der Waals surface area contributed by atoms with Gasteiger partial charge in [0.05, 0.1) is 6.61 Å². The number of para-hydroxylation sites is 1. The summed E-state index contributed by atoms with van der Waals surface area (Å²) < 4.78 is 11.1. The van der Waals surface area contributed by atoms with Crippen LogP contribution < -0.4 is 15.6 Å². The molecule has 0 fully saturated rings. The van der Waals surface area contributed by atoms with Crippen molar-refractivity contribution in [2.45, 2.75) is 27.7 Å². The molecule has 0 saturated heterocycles. The fourth-order valence-corrected chi connectivity index (χ4v) is 3.13. The van der Waals surface area contributed by atoms with Gasteiger partial charge in [0.2, 0.25) is 5.55 Å². The van der Waals surface area contributed by atoms with Crippen LogP contribution in [0.2, 0.25) is 0 Å². The zero-order valence-corrected chi connectivity index (χ0v) is 15.4. The van der Waals surface area contributed by atoms with Gasteiger partial charge in [0.15, 0.2) is 11.3 Å². The zero-order valence-electron chi connectivity index (χ0n) is 15.4. The van der Waals surface area contributed by atoms with Gasteiger partial charge in [-0.2, -0.15) is 0 Å². The Labute approximate surface area is 152 Å². The number of nitrogens with one attached hydrogen (secondary N) is 2. The molecular formula is C21H22N2O3. The topological polar surface area (TPSA) is 75.3 Å². The molecule has 5 nitrogen and oxygen atoms in total. The van der Waals surface area contributed by atoms with Gasteiger partial charge in [-0.1, -0.05) is 29.8 Å². The predicted octanol–water partition coefficient (Wildman–Crippen LogP) is 4.49. The summed E-state index contributed by atoms with van der Waals surface area (Å²) in [6.07, 6.45) is 0. The highest BCUT2D eigenvalue weighted by molar-refractivity contribution is 6.06. The minimum atomic E-state index is -0.363. The lowest BCUT2D eigenvalue weighted by Gasteiger charge is -2.13. The van der Waals surface area contributed by atoms with Crippen molar-refractivity contribution >= 4 is 22.6 Å². The fourth-order valence-electron chi connectivity index (χ4n) is 3.13. The third-order valence-corrected chi connectivity index (χ3v) is 4.22. The van der Waals surface area contributed by atoms with Gasteiger partial charge in [-0.3, -0.25) is 10.2 Å². The number of ether oxygens (including phenoxy) is 1. The van der Waals surface area contributed by atoms with E-state index < -0.39 is 0 Å². The first-order valence-electron chi connectivity index (χ1n) is 8.54. The molecule has 2 aromatic carbocycles. The van der Waals surface area contributed by atoms with Crippen LogP contribution >= 0.6 is 0 Å². The summed E-state index contributed by atoms with van der Waals surface area (Å²) in [4.78, 5) is 12.8. The number of fused-ring (bicyclic) bond motifs is 1. The van der Waals surface area contributed by atoms with Crippen molar-refractivity contribution in [3.63, 3.8) is 0 Å². The SMILES string of the molecule is CCOc1cccc2cc(C(=O)Nc3c(C)cc(C)cc3C)c(=N)oc12. The molecule has 0 saturated carbocycles. The van der Waals surface area contributed by atoms with E-state index in [1.807, 2.05) is 52.0 Å². The largest absolute Gasteiger partial charge is 0.490 e. The minimum Gasteiger partial charge on any atom is -0.490 e. The summed E-state index contributed by atoms with van der Waals surface area (Å²) in [5.41, 5.74) is 4.35. The van der Waals surface area contributed by atoms with Crippen molar-refractivity contribution in [2.24, 2.45) is 0 Å². The maximum absolute atomic E-state index is 12.8. The second kappa shape index (κ2) is 7.04. The van der Waals surface area contributed by atoms with Gasteiger partial charge in [0.25, 0.3) is 5.91 Å². The molecule has 2 N–H and O–H groups in total. The highest BCUT2D eigenvalue weighted by atomic mass is 16.5. The molecule has 0 aliphatic heterocycles. The second-order valence-corrected chi connectivity index (χ2v) is 6.32. The molecular weight excluding hydrogens is 328 g/mol. The van der Waals surface area contributed by atoms with Gasteiger partial charge in [0, 0.05) is 11.1 Å². The first-order chi connectivity index (χ1) is 12.4. The van der Waals surface area contributed by atoms with Gasteiger partial charge in [-0.05, 0) is 51.0 Å². The summed E-state index contributed by atoms with van der Waals surface area (Å²) in [6, 6.07) is 11.2. The molecule has 3 rings (SSSR count). The first kappa shape index (κ1) is 17.7.